The Morgan fingerprint density at radius 2 is 1.85 bits per heavy atom. The van der Waals surface area contributed by atoms with E-state index in [0.29, 0.717) is 37.6 Å². The molecule has 2 aliphatic rings. The average Bonchev–Trinajstić information content (AvgIpc) is 2.83. The minimum Gasteiger partial charge on any atom is -0.379 e. The lowest BCUT2D eigenvalue weighted by atomic mass is 10.0. The van der Waals surface area contributed by atoms with Crippen molar-refractivity contribution >= 4 is 23.2 Å². The number of carbonyl (C=O) groups is 2. The van der Waals surface area contributed by atoms with Crippen LogP contribution in [0, 0.1) is 19.7 Å². The summed E-state index contributed by atoms with van der Waals surface area (Å²) in [5, 5.41) is 8.75. The van der Waals surface area contributed by atoms with E-state index >= 15 is 0 Å². The van der Waals surface area contributed by atoms with E-state index in [9.17, 15) is 14.0 Å². The summed E-state index contributed by atoms with van der Waals surface area (Å²) in [6.45, 7) is 6.91. The highest BCUT2D eigenvalue weighted by Crippen LogP contribution is 2.26. The van der Waals surface area contributed by atoms with Crippen LogP contribution >= 0.6 is 0 Å². The summed E-state index contributed by atoms with van der Waals surface area (Å²) in [6, 6.07) is 12.1. The third-order valence-electron chi connectivity index (χ3n) is 6.08. The minimum atomic E-state index is -0.295. The molecule has 0 spiro atoms. The lowest BCUT2D eigenvalue weighted by Gasteiger charge is -2.35. The lowest BCUT2D eigenvalue weighted by Crippen LogP contribution is -2.46. The van der Waals surface area contributed by atoms with Gasteiger partial charge in [0.1, 0.15) is 11.5 Å². The van der Waals surface area contributed by atoms with Crippen LogP contribution in [-0.4, -0.2) is 55.3 Å². The van der Waals surface area contributed by atoms with Gasteiger partial charge >= 0.3 is 0 Å². The molecule has 0 aromatic heterocycles. The zero-order valence-corrected chi connectivity index (χ0v) is 19.0. The monoisotopic (exact) mass is 452 g/mol. The minimum absolute atomic E-state index is 0.112. The van der Waals surface area contributed by atoms with Gasteiger partial charge in [-0.2, -0.15) is 5.10 Å². The number of aryl methyl sites for hydroxylation is 2. The van der Waals surface area contributed by atoms with Gasteiger partial charge in [-0.3, -0.25) is 14.5 Å². The first kappa shape index (κ1) is 23.1. The molecule has 2 aliphatic heterocycles. The molecule has 2 amide bonds. The van der Waals surface area contributed by atoms with Crippen LogP contribution in [0.4, 0.5) is 10.1 Å². The molecule has 33 heavy (non-hydrogen) atoms. The molecule has 8 heteroatoms. The zero-order chi connectivity index (χ0) is 23.4. The first-order valence-corrected chi connectivity index (χ1v) is 11.3. The van der Waals surface area contributed by atoms with Crippen molar-refractivity contribution in [3.05, 3.63) is 65.0 Å². The lowest BCUT2D eigenvalue weighted by molar-refractivity contribution is -0.119. The molecule has 1 fully saturated rings. The van der Waals surface area contributed by atoms with Gasteiger partial charge in [-0.15, -0.1) is 0 Å². The third kappa shape index (κ3) is 5.46. The Hall–Kier alpha value is -3.10. The van der Waals surface area contributed by atoms with Crippen LogP contribution in [0.3, 0.4) is 0 Å². The van der Waals surface area contributed by atoms with Crippen LogP contribution in [-0.2, 0) is 14.3 Å². The predicted molar refractivity (Wildman–Crippen MR) is 125 cm³/mol. The van der Waals surface area contributed by atoms with Gasteiger partial charge in [0.15, 0.2) is 0 Å². The molecule has 2 heterocycles. The fraction of sp³-hybridized carbons (Fsp3) is 0.400. The van der Waals surface area contributed by atoms with Crippen molar-refractivity contribution < 1.29 is 18.7 Å². The number of nitrogens with zero attached hydrogens (tertiary/aromatic N) is 3. The van der Waals surface area contributed by atoms with Crippen LogP contribution in [0.25, 0.3) is 0 Å². The van der Waals surface area contributed by atoms with Crippen LogP contribution < -0.4 is 10.3 Å². The molecular weight excluding hydrogens is 423 g/mol. The Labute approximate surface area is 193 Å². The molecule has 4 rings (SSSR count). The Bertz CT molecular complexity index is 1050. The van der Waals surface area contributed by atoms with Crippen molar-refractivity contribution in [2.24, 2.45) is 5.10 Å². The topological polar surface area (TPSA) is 74.2 Å². The summed E-state index contributed by atoms with van der Waals surface area (Å²) in [5.74, 6) is -0.716. The van der Waals surface area contributed by atoms with E-state index in [-0.39, 0.29) is 30.1 Å². The van der Waals surface area contributed by atoms with E-state index in [2.05, 4.69) is 15.3 Å². The number of amides is 2. The molecule has 0 aliphatic carbocycles. The first-order valence-electron chi connectivity index (χ1n) is 11.3. The molecule has 0 saturated carbocycles. The second-order valence-corrected chi connectivity index (χ2v) is 8.47. The van der Waals surface area contributed by atoms with Gasteiger partial charge in [0.05, 0.1) is 24.9 Å². The Morgan fingerprint density at radius 1 is 1.12 bits per heavy atom. The molecule has 1 atom stereocenters. The first-order chi connectivity index (χ1) is 15.9. The van der Waals surface area contributed by atoms with E-state index in [1.165, 1.54) is 17.1 Å². The van der Waals surface area contributed by atoms with Crippen molar-refractivity contribution in [1.82, 2.24) is 10.2 Å². The highest BCUT2D eigenvalue weighted by Gasteiger charge is 2.28. The zero-order valence-electron chi connectivity index (χ0n) is 19.0. The van der Waals surface area contributed by atoms with Crippen molar-refractivity contribution in [3.8, 4) is 0 Å². The number of hydrazone groups is 1. The van der Waals surface area contributed by atoms with Crippen LogP contribution in [0.1, 0.15) is 35.6 Å². The Kier molecular flexibility index (Phi) is 7.15. The van der Waals surface area contributed by atoms with Crippen LogP contribution in [0.5, 0.6) is 0 Å². The number of anilines is 1. The highest BCUT2D eigenvalue weighted by molar-refractivity contribution is 6.40. The van der Waals surface area contributed by atoms with Gasteiger partial charge in [-0.05, 0) is 48.7 Å². The second kappa shape index (κ2) is 10.2. The number of hydrogen-bond acceptors (Lipinski definition) is 5. The maximum Gasteiger partial charge on any atom is 0.267 e. The highest BCUT2D eigenvalue weighted by atomic mass is 19.1. The number of rotatable bonds is 6. The predicted octanol–water partition coefficient (Wildman–Crippen LogP) is 3.12. The van der Waals surface area contributed by atoms with Gasteiger partial charge in [0, 0.05) is 32.5 Å². The molecule has 0 bridgehead atoms. The van der Waals surface area contributed by atoms with Gasteiger partial charge in [-0.25, -0.2) is 9.40 Å². The fourth-order valence-electron chi connectivity index (χ4n) is 4.18. The van der Waals surface area contributed by atoms with Crippen LogP contribution in [0.15, 0.2) is 47.6 Å². The fourth-order valence-corrected chi connectivity index (χ4v) is 4.18. The second-order valence-electron chi connectivity index (χ2n) is 8.47. The normalized spacial score (nSPS) is 18.1. The van der Waals surface area contributed by atoms with Gasteiger partial charge in [-0.1, -0.05) is 24.3 Å². The maximum absolute atomic E-state index is 13.5. The SMILES string of the molecule is Cc1ccc(C)c(N2N=C(C(=O)NC[C@H](c3ccc(F)cc3)N3CCOCC3)CCC2=O)c1. The summed E-state index contributed by atoms with van der Waals surface area (Å²) >= 11 is 0. The number of hydrogen-bond donors (Lipinski definition) is 1. The van der Waals surface area contributed by atoms with Crippen molar-refractivity contribution in [2.45, 2.75) is 32.7 Å². The smallest absolute Gasteiger partial charge is 0.267 e. The number of ether oxygens (including phenoxy) is 1. The van der Waals surface area contributed by atoms with Crippen LogP contribution in [0.2, 0.25) is 0 Å². The Morgan fingerprint density at radius 3 is 2.58 bits per heavy atom. The number of carbonyl (C=O) groups excluding carboxylic acids is 2. The van der Waals surface area contributed by atoms with Gasteiger partial charge in [0.2, 0.25) is 5.91 Å². The summed E-state index contributed by atoms with van der Waals surface area (Å²) in [7, 11) is 0. The number of nitrogens with one attached hydrogen (secondary N) is 1. The van der Waals surface area contributed by atoms with E-state index in [1.54, 1.807) is 12.1 Å². The summed E-state index contributed by atoms with van der Waals surface area (Å²) in [6.07, 6.45) is 0.523. The van der Waals surface area contributed by atoms with Crippen molar-refractivity contribution in [3.63, 3.8) is 0 Å². The van der Waals surface area contributed by atoms with E-state index < -0.39 is 0 Å². The number of halogens is 1. The molecule has 1 N–H and O–H groups in total. The molecule has 7 nitrogen and oxygen atoms in total. The quantitative estimate of drug-likeness (QED) is 0.731. The van der Waals surface area contributed by atoms with Gasteiger partial charge in [0.25, 0.3) is 5.91 Å². The largest absolute Gasteiger partial charge is 0.379 e. The summed E-state index contributed by atoms with van der Waals surface area (Å²) < 4.78 is 18.9. The summed E-state index contributed by atoms with van der Waals surface area (Å²) in [5.41, 5.74) is 3.89. The van der Waals surface area contributed by atoms with Crippen molar-refractivity contribution in [2.75, 3.05) is 37.9 Å². The number of benzene rings is 2. The average molecular weight is 453 g/mol. The van der Waals surface area contributed by atoms with E-state index in [0.717, 1.165) is 29.8 Å². The van der Waals surface area contributed by atoms with E-state index in [4.69, 9.17) is 4.74 Å². The molecule has 0 radical (unpaired) electrons. The molecule has 174 valence electrons. The summed E-state index contributed by atoms with van der Waals surface area (Å²) in [4.78, 5) is 27.8. The van der Waals surface area contributed by atoms with Gasteiger partial charge < -0.3 is 10.1 Å². The molecule has 2 aromatic rings. The molecule has 0 unspecified atom stereocenters. The van der Waals surface area contributed by atoms with Crippen molar-refractivity contribution in [1.29, 1.82) is 0 Å². The standard InChI is InChI=1S/C25H29FN4O3/c1-17-3-4-18(2)22(15-17)30-24(31)10-9-21(28-30)25(32)27-16-23(29-11-13-33-14-12-29)19-5-7-20(26)8-6-19/h3-8,15,23H,9-14,16H2,1-2H3,(H,27,32)/t23-/m1/s1. The molecule has 2 aromatic carbocycles. The third-order valence-corrected chi connectivity index (χ3v) is 6.08. The molecule has 1 saturated heterocycles. The number of morpholine rings is 1. The Balaban J connectivity index is 1.51. The van der Waals surface area contributed by atoms with E-state index in [1.807, 2.05) is 32.0 Å². The maximum atomic E-state index is 13.5. The molecular formula is C25H29FN4O3.